The van der Waals surface area contributed by atoms with E-state index < -0.39 is 24.8 Å². The molecule has 0 radical (unpaired) electrons. The maximum atomic E-state index is 9.84. The molecule has 0 aromatic carbocycles. The van der Waals surface area contributed by atoms with Crippen molar-refractivity contribution in [2.75, 3.05) is 11.8 Å². The first-order chi connectivity index (χ1) is 12.0. The number of halogens is 2. The summed E-state index contributed by atoms with van der Waals surface area (Å²) in [5.74, 6) is 1.39. The van der Waals surface area contributed by atoms with Gasteiger partial charge in [-0.05, 0) is 19.8 Å². The van der Waals surface area contributed by atoms with Crippen molar-refractivity contribution in [2.45, 2.75) is 24.3 Å². The Kier molecular flexibility index (Phi) is 12.8. The maximum absolute atomic E-state index is 9.84. The number of hydrogen-bond acceptors (Lipinski definition) is 10. The molecule has 0 saturated carbocycles. The molecular formula is C12H16Cl2N2O6S4-2. The van der Waals surface area contributed by atoms with Crippen LogP contribution in [0.5, 0.6) is 0 Å². The Bertz CT molecular complexity index is 727. The highest BCUT2D eigenvalue weighted by Crippen LogP contribution is 2.06. The summed E-state index contributed by atoms with van der Waals surface area (Å²) in [7, 11) is -10.0. The molecule has 0 spiro atoms. The smallest absolute Gasteiger partial charge is 0.136 e. The first-order valence-electron chi connectivity index (χ1n) is 6.78. The van der Waals surface area contributed by atoms with Crippen LogP contribution < -0.4 is 0 Å². The normalized spacial score (nSPS) is 11.3. The van der Waals surface area contributed by atoms with E-state index in [0.717, 1.165) is 12.8 Å². The van der Waals surface area contributed by atoms with E-state index in [9.17, 15) is 25.9 Å². The number of nitrogens with zero attached hydrogens (tertiary/aromatic N) is 2. The lowest BCUT2D eigenvalue weighted by Gasteiger charge is -2.18. The second-order valence-electron chi connectivity index (χ2n) is 4.37. The van der Waals surface area contributed by atoms with Gasteiger partial charge in [0.05, 0.1) is 11.0 Å². The zero-order valence-electron chi connectivity index (χ0n) is 13.4. The first-order valence-corrected chi connectivity index (χ1v) is 12.6. The second kappa shape index (κ2) is 12.9. The van der Waals surface area contributed by atoms with E-state index in [0.29, 0.717) is 18.7 Å². The third-order valence-electron chi connectivity index (χ3n) is 2.46. The molecule has 0 amide bonds. The third kappa shape index (κ3) is 12.1. The summed E-state index contributed by atoms with van der Waals surface area (Å²) in [5, 5.41) is 0. The Morgan fingerprint density at radius 2 is 1.27 bits per heavy atom. The maximum Gasteiger partial charge on any atom is 0.136 e. The van der Waals surface area contributed by atoms with Crippen molar-refractivity contribution in [2.24, 2.45) is 0 Å². The predicted molar refractivity (Wildman–Crippen MR) is 102 cm³/mol. The molecule has 14 heteroatoms. The fraction of sp³-hybridized carbons (Fsp3) is 0.500. The number of aromatic nitrogens is 2. The minimum absolute atomic E-state index is 0.532. The van der Waals surface area contributed by atoms with Gasteiger partial charge in [0.2, 0.25) is 0 Å². The van der Waals surface area contributed by atoms with Crippen molar-refractivity contribution >= 4 is 66.1 Å². The van der Waals surface area contributed by atoms with Gasteiger partial charge in [0.25, 0.3) is 0 Å². The van der Waals surface area contributed by atoms with E-state index in [-0.39, 0.29) is 0 Å². The van der Waals surface area contributed by atoms with Crippen LogP contribution in [-0.2, 0) is 33.1 Å². The van der Waals surface area contributed by atoms with Gasteiger partial charge in [0, 0.05) is 33.9 Å². The van der Waals surface area contributed by atoms with Gasteiger partial charge < -0.3 is 9.11 Å². The van der Waals surface area contributed by atoms with Gasteiger partial charge in [0.15, 0.2) is 0 Å². The number of aryl methyl sites for hydroxylation is 2. The van der Waals surface area contributed by atoms with E-state index in [1.54, 1.807) is 22.7 Å². The Morgan fingerprint density at radius 3 is 1.42 bits per heavy atom. The monoisotopic (exact) mass is 482 g/mol. The highest BCUT2D eigenvalue weighted by molar-refractivity contribution is 8.03. The predicted octanol–water partition coefficient (Wildman–Crippen LogP) is 2.27. The third-order valence-corrected chi connectivity index (χ3v) is 7.56. The number of hydrogen-bond donors (Lipinski definition) is 0. The van der Waals surface area contributed by atoms with Crippen molar-refractivity contribution in [1.82, 2.24) is 9.97 Å². The largest absolute Gasteiger partial charge is 0.747 e. The Balaban J connectivity index is 0.000000363. The zero-order valence-corrected chi connectivity index (χ0v) is 18.2. The van der Waals surface area contributed by atoms with Gasteiger partial charge in [-0.25, -0.2) is 16.8 Å². The molecule has 2 aromatic rings. The van der Waals surface area contributed by atoms with E-state index in [1.807, 2.05) is 23.4 Å². The molecule has 0 aliphatic heterocycles. The molecule has 2 heterocycles. The molecule has 0 aliphatic carbocycles. The van der Waals surface area contributed by atoms with Crippen molar-refractivity contribution in [1.29, 1.82) is 0 Å². The van der Waals surface area contributed by atoms with Crippen LogP contribution in [0.25, 0.3) is 0 Å². The van der Waals surface area contributed by atoms with Crippen LogP contribution in [-0.4, -0.2) is 52.3 Å². The summed E-state index contributed by atoms with van der Waals surface area (Å²) in [6.45, 7) is 0.532. The topological polar surface area (TPSA) is 140 Å². The quantitative estimate of drug-likeness (QED) is 0.450. The summed E-state index contributed by atoms with van der Waals surface area (Å²) >= 11 is 14.2. The average Bonchev–Trinajstić information content (AvgIpc) is 3.20. The molecule has 150 valence electrons. The average molecular weight is 483 g/mol. The second-order valence-corrected chi connectivity index (χ2v) is 10.7. The number of thiazole rings is 2. The fourth-order valence-corrected chi connectivity index (χ4v) is 4.05. The lowest BCUT2D eigenvalue weighted by molar-refractivity contribution is 0.438. The van der Waals surface area contributed by atoms with Gasteiger partial charge in [-0.3, -0.25) is 9.97 Å². The molecular weight excluding hydrogens is 467 g/mol. The summed E-state index contributed by atoms with van der Waals surface area (Å²) < 4.78 is 56.7. The Labute approximate surface area is 170 Å². The van der Waals surface area contributed by atoms with Crippen molar-refractivity contribution in [3.63, 3.8) is 0 Å². The number of alkyl halides is 2. The molecule has 26 heavy (non-hydrogen) atoms. The summed E-state index contributed by atoms with van der Waals surface area (Å²) in [6, 6.07) is 0. The van der Waals surface area contributed by atoms with Crippen molar-refractivity contribution in [3.8, 4) is 0 Å². The Morgan fingerprint density at radius 1 is 0.923 bits per heavy atom. The molecule has 0 N–H and O–H groups in total. The molecule has 0 aliphatic rings. The van der Waals surface area contributed by atoms with Crippen molar-refractivity contribution < 1.29 is 25.9 Å². The van der Waals surface area contributed by atoms with E-state index in [1.165, 1.54) is 9.75 Å². The fourth-order valence-electron chi connectivity index (χ4n) is 1.06. The van der Waals surface area contributed by atoms with Crippen LogP contribution in [0.4, 0.5) is 0 Å². The number of rotatable bonds is 6. The molecule has 2 aromatic heterocycles. The molecule has 0 saturated heterocycles. The summed E-state index contributed by atoms with van der Waals surface area (Å²) in [5.41, 5.74) is 3.64. The van der Waals surface area contributed by atoms with Crippen LogP contribution >= 0.6 is 45.9 Å². The highest BCUT2D eigenvalue weighted by atomic mass is 35.5. The van der Waals surface area contributed by atoms with Crippen molar-refractivity contribution in [3.05, 3.63) is 33.2 Å². The van der Waals surface area contributed by atoms with Gasteiger partial charge >= 0.3 is 0 Å². The zero-order chi connectivity index (χ0) is 20.2. The van der Waals surface area contributed by atoms with Gasteiger partial charge in [-0.2, -0.15) is 0 Å². The summed E-state index contributed by atoms with van der Waals surface area (Å²) in [4.78, 5) is 10.3. The minimum Gasteiger partial charge on any atom is -0.747 e. The first kappa shape index (κ1) is 25.7. The lowest BCUT2D eigenvalue weighted by Crippen LogP contribution is -2.26. The van der Waals surface area contributed by atoms with E-state index in [2.05, 4.69) is 9.97 Å². The van der Waals surface area contributed by atoms with Crippen LogP contribution in [0.3, 0.4) is 0 Å². The summed E-state index contributed by atoms with van der Waals surface area (Å²) in [6.07, 6.45) is 5.61. The van der Waals surface area contributed by atoms with Crippen LogP contribution in [0, 0.1) is 0 Å². The van der Waals surface area contributed by atoms with E-state index >= 15 is 0 Å². The minimum atomic E-state index is -5.01. The van der Waals surface area contributed by atoms with Gasteiger partial charge in [-0.1, -0.05) is 0 Å². The SMILES string of the molecule is CC(S(=O)(=O)[O-])S(=O)(=O)[O-].ClCCc1cncs1.ClCCc1cncs1. The van der Waals surface area contributed by atoms with Gasteiger partial charge in [0.1, 0.15) is 24.8 Å². The molecule has 8 nitrogen and oxygen atoms in total. The van der Waals surface area contributed by atoms with E-state index in [4.69, 9.17) is 23.2 Å². The lowest BCUT2D eigenvalue weighted by atomic mass is 10.4. The molecule has 2 rings (SSSR count). The Hall–Kier alpha value is -0.340. The van der Waals surface area contributed by atoms with Crippen LogP contribution in [0.15, 0.2) is 23.4 Å². The van der Waals surface area contributed by atoms with Crippen LogP contribution in [0.2, 0.25) is 0 Å². The van der Waals surface area contributed by atoms with Crippen LogP contribution in [0.1, 0.15) is 16.7 Å². The molecule has 0 unspecified atom stereocenters. The molecule has 0 bridgehead atoms. The standard InChI is InChI=1S/2C5H6ClNS.C2H6O6S2/c2*6-2-1-5-3-7-4-8-5;1-2(9(3,4)5)10(6,7)8/h2*3-4H,1-2H2;2H,1H3,(H,3,4,5)(H,6,7,8)/p-2. The van der Waals surface area contributed by atoms with Gasteiger partial charge in [-0.15, -0.1) is 45.9 Å². The molecule has 0 atom stereocenters. The highest BCUT2D eigenvalue weighted by Gasteiger charge is 2.16. The molecule has 0 fully saturated rings.